The molecule has 1 saturated heterocycles. The van der Waals surface area contributed by atoms with Gasteiger partial charge in [-0.15, -0.1) is 0 Å². The molecule has 6 heteroatoms. The lowest BCUT2D eigenvalue weighted by Crippen LogP contribution is -2.15. The Labute approximate surface area is 187 Å². The van der Waals surface area contributed by atoms with Gasteiger partial charge in [-0.25, -0.2) is 4.39 Å². The molecule has 0 spiro atoms. The van der Waals surface area contributed by atoms with Gasteiger partial charge in [0.15, 0.2) is 5.82 Å². The van der Waals surface area contributed by atoms with Crippen LogP contribution in [0.15, 0.2) is 36.4 Å². The maximum absolute atomic E-state index is 14.8. The molecule has 0 unspecified atom stereocenters. The van der Waals surface area contributed by atoms with E-state index in [0.29, 0.717) is 41.5 Å². The van der Waals surface area contributed by atoms with E-state index in [1.807, 2.05) is 6.07 Å². The third-order valence-corrected chi connectivity index (χ3v) is 6.06. The second-order valence-electron chi connectivity index (χ2n) is 8.30. The molecular weight excluding hydrogens is 409 g/mol. The van der Waals surface area contributed by atoms with Crippen LogP contribution in [0.4, 0.5) is 4.39 Å². The minimum absolute atomic E-state index is 0.143. The van der Waals surface area contributed by atoms with Gasteiger partial charge in [-0.1, -0.05) is 18.2 Å². The summed E-state index contributed by atoms with van der Waals surface area (Å²) in [5.41, 5.74) is 4.84. The number of aromatic nitrogens is 1. The van der Waals surface area contributed by atoms with Gasteiger partial charge in [0, 0.05) is 30.5 Å². The molecule has 0 bridgehead atoms. The van der Waals surface area contributed by atoms with Crippen LogP contribution >= 0.6 is 0 Å². The van der Waals surface area contributed by atoms with Gasteiger partial charge in [-0.05, 0) is 67.5 Å². The summed E-state index contributed by atoms with van der Waals surface area (Å²) in [7, 11) is 0. The predicted octanol–water partition coefficient (Wildman–Crippen LogP) is 5.58. The van der Waals surface area contributed by atoms with Gasteiger partial charge in [0.25, 0.3) is 0 Å². The molecule has 4 rings (SSSR count). The van der Waals surface area contributed by atoms with Crippen molar-refractivity contribution in [3.8, 4) is 5.75 Å². The van der Waals surface area contributed by atoms with Crippen molar-refractivity contribution in [2.24, 2.45) is 0 Å². The molecule has 1 aromatic heterocycles. The number of benzene rings is 2. The van der Waals surface area contributed by atoms with Gasteiger partial charge in [-0.2, -0.15) is 0 Å². The van der Waals surface area contributed by atoms with Crippen LogP contribution in [0.2, 0.25) is 0 Å². The summed E-state index contributed by atoms with van der Waals surface area (Å²) in [6, 6.07) is 11.8. The Balaban J connectivity index is 1.41. The number of halogens is 1. The molecule has 0 radical (unpaired) electrons. The summed E-state index contributed by atoms with van der Waals surface area (Å²) < 4.78 is 31.2. The molecule has 5 nitrogen and oxygen atoms in total. The molecule has 2 heterocycles. The second kappa shape index (κ2) is 10.2. The van der Waals surface area contributed by atoms with Crippen LogP contribution in [0, 0.1) is 12.7 Å². The Kier molecular flexibility index (Phi) is 7.10. The van der Waals surface area contributed by atoms with Crippen molar-refractivity contribution in [2.45, 2.75) is 52.1 Å². The number of H-pyrrole nitrogens is 1. The Bertz CT molecular complexity index is 1080. The third kappa shape index (κ3) is 5.13. The number of aromatic amines is 1. The summed E-state index contributed by atoms with van der Waals surface area (Å²) in [5, 5.41) is 0.465. The third-order valence-electron chi connectivity index (χ3n) is 6.06. The first-order valence-electron chi connectivity index (χ1n) is 11.3. The van der Waals surface area contributed by atoms with Crippen LogP contribution in [0.1, 0.15) is 54.5 Å². The maximum atomic E-state index is 14.8. The Morgan fingerprint density at radius 2 is 2.00 bits per heavy atom. The van der Waals surface area contributed by atoms with Gasteiger partial charge in [0.2, 0.25) is 0 Å². The summed E-state index contributed by atoms with van der Waals surface area (Å²) in [5.74, 6) is 0.508. The molecule has 1 N–H and O–H groups in total. The lowest BCUT2D eigenvalue weighted by atomic mass is 9.88. The highest BCUT2D eigenvalue weighted by molar-refractivity contribution is 5.83. The van der Waals surface area contributed by atoms with E-state index < -0.39 is 0 Å². The van der Waals surface area contributed by atoms with Crippen LogP contribution in [-0.2, 0) is 27.3 Å². The predicted molar refractivity (Wildman–Crippen MR) is 122 cm³/mol. The zero-order valence-electron chi connectivity index (χ0n) is 18.7. The van der Waals surface area contributed by atoms with E-state index in [2.05, 4.69) is 30.1 Å². The second-order valence-corrected chi connectivity index (χ2v) is 8.30. The van der Waals surface area contributed by atoms with Gasteiger partial charge < -0.3 is 19.2 Å². The molecular formula is C26H30FNO4. The Morgan fingerprint density at radius 1 is 1.19 bits per heavy atom. The van der Waals surface area contributed by atoms with Crippen molar-refractivity contribution in [3.63, 3.8) is 0 Å². The number of esters is 1. The number of fused-ring (bicyclic) bond motifs is 1. The van der Waals surface area contributed by atoms with Gasteiger partial charge >= 0.3 is 5.97 Å². The fraction of sp³-hybridized carbons (Fsp3) is 0.423. The minimum atomic E-state index is -0.341. The first-order chi connectivity index (χ1) is 15.5. The fourth-order valence-corrected chi connectivity index (χ4v) is 4.38. The first kappa shape index (κ1) is 22.3. The van der Waals surface area contributed by atoms with Crippen LogP contribution < -0.4 is 4.74 Å². The van der Waals surface area contributed by atoms with E-state index in [-0.39, 0.29) is 24.6 Å². The number of nitrogens with one attached hydrogen (secondary N) is 1. The largest absolute Gasteiger partial charge is 0.489 e. The molecule has 0 aliphatic carbocycles. The van der Waals surface area contributed by atoms with Crippen molar-refractivity contribution in [1.29, 1.82) is 0 Å². The molecule has 2 aromatic carbocycles. The van der Waals surface area contributed by atoms with E-state index in [1.165, 1.54) is 11.1 Å². The molecule has 1 aliphatic heterocycles. The van der Waals surface area contributed by atoms with Gasteiger partial charge in [-0.3, -0.25) is 4.79 Å². The fourth-order valence-electron chi connectivity index (χ4n) is 4.38. The smallest absolute Gasteiger partial charge is 0.306 e. The van der Waals surface area contributed by atoms with Crippen molar-refractivity contribution < 1.29 is 23.4 Å². The number of carbonyl (C=O) groups excluding carboxylic acids is 1. The molecule has 0 amide bonds. The maximum Gasteiger partial charge on any atom is 0.306 e. The van der Waals surface area contributed by atoms with Crippen LogP contribution in [0.25, 0.3) is 10.9 Å². The molecule has 170 valence electrons. The summed E-state index contributed by atoms with van der Waals surface area (Å²) in [6.07, 6.45) is 2.56. The van der Waals surface area contributed by atoms with Crippen molar-refractivity contribution in [2.75, 3.05) is 19.8 Å². The lowest BCUT2D eigenvalue weighted by molar-refractivity contribution is -0.143. The first-order valence-corrected chi connectivity index (χ1v) is 11.3. The topological polar surface area (TPSA) is 60.6 Å². The average Bonchev–Trinajstić information content (AvgIpc) is 3.12. The highest BCUT2D eigenvalue weighted by Gasteiger charge is 2.18. The van der Waals surface area contributed by atoms with E-state index in [1.54, 1.807) is 19.1 Å². The Hall–Kier alpha value is -2.86. The number of hydrogen-bond donors (Lipinski definition) is 1. The number of rotatable bonds is 8. The molecule has 3 aromatic rings. The minimum Gasteiger partial charge on any atom is -0.489 e. The van der Waals surface area contributed by atoms with Gasteiger partial charge in [0.1, 0.15) is 12.4 Å². The number of carbonyl (C=O) groups is 1. The summed E-state index contributed by atoms with van der Waals surface area (Å²) in [6.45, 7) is 6.31. The van der Waals surface area contributed by atoms with Crippen molar-refractivity contribution in [3.05, 3.63) is 64.6 Å². The SMILES string of the molecule is CCOC(=O)CCc1[nH]c2ccc(OCc3ccc(C4CCOCC4)c(C)c3)cc2c1F. The monoisotopic (exact) mass is 439 g/mol. The molecule has 0 atom stereocenters. The number of hydrogen-bond acceptors (Lipinski definition) is 4. The summed E-state index contributed by atoms with van der Waals surface area (Å²) in [4.78, 5) is 14.6. The van der Waals surface area contributed by atoms with E-state index in [0.717, 1.165) is 31.6 Å². The average molecular weight is 440 g/mol. The lowest BCUT2D eigenvalue weighted by Gasteiger charge is -2.24. The van der Waals surface area contributed by atoms with Gasteiger partial charge in [0.05, 0.1) is 18.7 Å². The van der Waals surface area contributed by atoms with Crippen LogP contribution in [0.5, 0.6) is 5.75 Å². The van der Waals surface area contributed by atoms with Crippen molar-refractivity contribution >= 4 is 16.9 Å². The normalized spacial score (nSPS) is 14.6. The van der Waals surface area contributed by atoms with Crippen molar-refractivity contribution in [1.82, 2.24) is 4.98 Å². The number of aryl methyl sites for hydroxylation is 2. The zero-order valence-corrected chi connectivity index (χ0v) is 18.7. The van der Waals surface area contributed by atoms with E-state index >= 15 is 0 Å². The highest BCUT2D eigenvalue weighted by Crippen LogP contribution is 2.30. The molecule has 1 aliphatic rings. The zero-order chi connectivity index (χ0) is 22.5. The standard InChI is InChI=1S/C26H30FNO4/c1-3-31-25(29)9-8-24-26(27)22-15-20(5-7-23(22)28-24)32-16-18-4-6-21(17(2)14-18)19-10-12-30-13-11-19/h4-7,14-15,19,28H,3,8-13,16H2,1-2H3. The molecule has 0 saturated carbocycles. The molecule has 1 fully saturated rings. The quantitative estimate of drug-likeness (QED) is 0.465. The van der Waals surface area contributed by atoms with E-state index in [4.69, 9.17) is 14.2 Å². The highest BCUT2D eigenvalue weighted by atomic mass is 19.1. The van der Waals surface area contributed by atoms with Crippen LogP contribution in [0.3, 0.4) is 0 Å². The Morgan fingerprint density at radius 3 is 2.75 bits per heavy atom. The molecule has 32 heavy (non-hydrogen) atoms. The number of ether oxygens (including phenoxy) is 3. The van der Waals surface area contributed by atoms with Crippen LogP contribution in [-0.4, -0.2) is 30.8 Å². The van der Waals surface area contributed by atoms with E-state index in [9.17, 15) is 9.18 Å². The summed E-state index contributed by atoms with van der Waals surface area (Å²) >= 11 is 0.